The lowest BCUT2D eigenvalue weighted by molar-refractivity contribution is -0.137. The minimum absolute atomic E-state index is 0.259. The van der Waals surface area contributed by atoms with Gasteiger partial charge in [0.1, 0.15) is 17.4 Å². The first-order valence-electron chi connectivity index (χ1n) is 13.0. The standard InChI is InChI=1S/C29H34FN5O4/c1-34(2)29(38)39-21-15-13-19(14-16-21)25(17-26(36)37)32-27-23(22-11-7-8-12-24(22)30)18-31-28(33-27)35(3)20-9-5-4-6-10-20/h7-8,11-16,18,20,25H,4-6,9-10,17H2,1-3H3,(H,36,37)(H,31,32,33)/t25-/m1/s1. The minimum atomic E-state index is -1.02. The van der Waals surface area contributed by atoms with Gasteiger partial charge in [-0.3, -0.25) is 4.79 Å². The number of ether oxygens (including phenoxy) is 1. The van der Waals surface area contributed by atoms with Gasteiger partial charge in [-0.05, 0) is 36.6 Å². The number of nitrogens with one attached hydrogen (secondary N) is 1. The molecular formula is C29H34FN5O4. The number of anilines is 2. The number of amides is 1. The average molecular weight is 536 g/mol. The Morgan fingerprint density at radius 1 is 1.05 bits per heavy atom. The maximum Gasteiger partial charge on any atom is 0.414 e. The van der Waals surface area contributed by atoms with Crippen LogP contribution in [0, 0.1) is 5.82 Å². The Morgan fingerprint density at radius 2 is 1.74 bits per heavy atom. The van der Waals surface area contributed by atoms with Gasteiger partial charge in [-0.15, -0.1) is 0 Å². The van der Waals surface area contributed by atoms with Crippen LogP contribution in [0.15, 0.2) is 54.7 Å². The molecule has 1 aromatic heterocycles. The first kappa shape index (κ1) is 27.8. The van der Waals surface area contributed by atoms with Crippen molar-refractivity contribution in [1.82, 2.24) is 14.9 Å². The molecule has 206 valence electrons. The maximum atomic E-state index is 14.8. The zero-order chi connectivity index (χ0) is 27.9. The number of benzene rings is 2. The van der Waals surface area contributed by atoms with Crippen molar-refractivity contribution in [3.05, 3.63) is 66.1 Å². The predicted octanol–water partition coefficient (Wildman–Crippen LogP) is 5.74. The van der Waals surface area contributed by atoms with E-state index in [4.69, 9.17) is 9.72 Å². The molecule has 1 aliphatic rings. The summed E-state index contributed by atoms with van der Waals surface area (Å²) in [6, 6.07) is 12.5. The molecule has 2 aromatic carbocycles. The number of aromatic nitrogens is 2. The van der Waals surface area contributed by atoms with Crippen molar-refractivity contribution >= 4 is 23.8 Å². The number of aliphatic carboxylic acids is 1. The fraction of sp³-hybridized carbons (Fsp3) is 0.379. The summed E-state index contributed by atoms with van der Waals surface area (Å²) in [6.45, 7) is 0. The Labute approximate surface area is 227 Å². The highest BCUT2D eigenvalue weighted by Gasteiger charge is 2.24. The number of rotatable bonds is 9. The Bertz CT molecular complexity index is 1300. The zero-order valence-corrected chi connectivity index (χ0v) is 22.4. The third-order valence-electron chi connectivity index (χ3n) is 6.92. The largest absolute Gasteiger partial charge is 0.481 e. The first-order chi connectivity index (χ1) is 18.7. The van der Waals surface area contributed by atoms with Gasteiger partial charge in [0.2, 0.25) is 5.95 Å². The summed E-state index contributed by atoms with van der Waals surface area (Å²) in [5, 5.41) is 12.9. The molecule has 1 amide bonds. The Morgan fingerprint density at radius 3 is 2.38 bits per heavy atom. The van der Waals surface area contributed by atoms with E-state index in [0.29, 0.717) is 40.2 Å². The molecule has 1 saturated carbocycles. The monoisotopic (exact) mass is 535 g/mol. The van der Waals surface area contributed by atoms with Gasteiger partial charge in [-0.2, -0.15) is 4.98 Å². The second-order valence-electron chi connectivity index (χ2n) is 9.94. The first-order valence-corrected chi connectivity index (χ1v) is 13.0. The second kappa shape index (κ2) is 12.6. The molecule has 2 N–H and O–H groups in total. The molecule has 1 heterocycles. The zero-order valence-electron chi connectivity index (χ0n) is 22.4. The van der Waals surface area contributed by atoms with E-state index >= 15 is 0 Å². The van der Waals surface area contributed by atoms with Gasteiger partial charge >= 0.3 is 12.1 Å². The van der Waals surface area contributed by atoms with E-state index in [1.54, 1.807) is 62.8 Å². The molecular weight excluding hydrogens is 501 g/mol. The molecule has 0 bridgehead atoms. The van der Waals surface area contributed by atoms with Crippen molar-refractivity contribution in [2.45, 2.75) is 50.6 Å². The van der Waals surface area contributed by atoms with Gasteiger partial charge in [0.15, 0.2) is 0 Å². The van der Waals surface area contributed by atoms with Crippen LogP contribution >= 0.6 is 0 Å². The van der Waals surface area contributed by atoms with E-state index in [9.17, 15) is 19.1 Å². The quantitative estimate of drug-likeness (QED) is 0.357. The van der Waals surface area contributed by atoms with Crippen LogP contribution in [0.4, 0.5) is 21.0 Å². The van der Waals surface area contributed by atoms with Crippen LogP contribution in [0.1, 0.15) is 50.1 Å². The van der Waals surface area contributed by atoms with Crippen LogP contribution in [0.3, 0.4) is 0 Å². The third kappa shape index (κ3) is 7.01. The molecule has 0 aliphatic heterocycles. The normalized spacial score (nSPS) is 14.4. The van der Waals surface area contributed by atoms with E-state index in [2.05, 4.69) is 15.2 Å². The van der Waals surface area contributed by atoms with Crippen molar-refractivity contribution in [2.75, 3.05) is 31.4 Å². The molecule has 1 fully saturated rings. The van der Waals surface area contributed by atoms with Crippen LogP contribution in [0.25, 0.3) is 11.1 Å². The SMILES string of the molecule is CN(C)C(=O)Oc1ccc([C@@H](CC(=O)O)Nc2nc(N(C)C3CCCCC3)ncc2-c2ccccc2F)cc1. The summed E-state index contributed by atoms with van der Waals surface area (Å²) in [5.41, 5.74) is 1.38. The van der Waals surface area contributed by atoms with Gasteiger partial charge in [0.25, 0.3) is 0 Å². The smallest absolute Gasteiger partial charge is 0.414 e. The second-order valence-corrected chi connectivity index (χ2v) is 9.94. The van der Waals surface area contributed by atoms with Gasteiger partial charge in [0.05, 0.1) is 12.5 Å². The van der Waals surface area contributed by atoms with E-state index in [0.717, 1.165) is 25.7 Å². The Kier molecular flexibility index (Phi) is 8.96. The third-order valence-corrected chi connectivity index (χ3v) is 6.92. The number of carboxylic acid groups (broad SMARTS) is 1. The molecule has 10 heteroatoms. The van der Waals surface area contributed by atoms with E-state index in [1.165, 1.54) is 17.4 Å². The van der Waals surface area contributed by atoms with Gasteiger partial charge in [0, 0.05) is 44.5 Å². The van der Waals surface area contributed by atoms with Crippen LogP contribution in [-0.4, -0.2) is 59.2 Å². The van der Waals surface area contributed by atoms with Crippen molar-refractivity contribution < 1.29 is 23.8 Å². The lowest BCUT2D eigenvalue weighted by Crippen LogP contribution is -2.34. The number of carbonyl (C=O) groups is 2. The van der Waals surface area contributed by atoms with E-state index < -0.39 is 23.9 Å². The maximum absolute atomic E-state index is 14.8. The molecule has 9 nitrogen and oxygen atoms in total. The highest BCUT2D eigenvalue weighted by Crippen LogP contribution is 2.34. The van der Waals surface area contributed by atoms with Crippen LogP contribution in [0.2, 0.25) is 0 Å². The molecule has 0 spiro atoms. The average Bonchev–Trinajstić information content (AvgIpc) is 2.93. The summed E-state index contributed by atoms with van der Waals surface area (Å²) in [5.74, 6) is -0.292. The highest BCUT2D eigenvalue weighted by atomic mass is 19.1. The molecule has 39 heavy (non-hydrogen) atoms. The van der Waals surface area contributed by atoms with Gasteiger partial charge < -0.3 is 25.0 Å². The molecule has 0 unspecified atom stereocenters. The number of halogens is 1. The molecule has 1 atom stereocenters. The topological polar surface area (TPSA) is 108 Å². The van der Waals surface area contributed by atoms with Crippen molar-refractivity contribution in [3.8, 4) is 16.9 Å². The summed E-state index contributed by atoms with van der Waals surface area (Å²) in [4.78, 5) is 36.4. The highest BCUT2D eigenvalue weighted by molar-refractivity contribution is 5.77. The van der Waals surface area contributed by atoms with Crippen molar-refractivity contribution in [1.29, 1.82) is 0 Å². The number of carboxylic acids is 1. The van der Waals surface area contributed by atoms with E-state index in [-0.39, 0.29) is 6.42 Å². The molecule has 1 aliphatic carbocycles. The lowest BCUT2D eigenvalue weighted by Gasteiger charge is -2.31. The van der Waals surface area contributed by atoms with Gasteiger partial charge in [-0.1, -0.05) is 49.6 Å². The molecule has 3 aromatic rings. The Hall–Kier alpha value is -4.21. The molecule has 4 rings (SSSR count). The number of hydrogen-bond donors (Lipinski definition) is 2. The summed E-state index contributed by atoms with van der Waals surface area (Å²) >= 11 is 0. The number of carbonyl (C=O) groups excluding carboxylic acids is 1. The summed E-state index contributed by atoms with van der Waals surface area (Å²) < 4.78 is 20.1. The number of nitrogens with zero attached hydrogens (tertiary/aromatic N) is 4. The predicted molar refractivity (Wildman–Crippen MR) is 147 cm³/mol. The minimum Gasteiger partial charge on any atom is -0.481 e. The summed E-state index contributed by atoms with van der Waals surface area (Å²) in [7, 11) is 5.12. The van der Waals surface area contributed by atoms with Crippen molar-refractivity contribution in [2.24, 2.45) is 0 Å². The van der Waals surface area contributed by atoms with Crippen LogP contribution in [0.5, 0.6) is 5.75 Å². The fourth-order valence-corrected chi connectivity index (χ4v) is 4.71. The molecule has 0 saturated heterocycles. The van der Waals surface area contributed by atoms with E-state index in [1.807, 2.05) is 7.05 Å². The van der Waals surface area contributed by atoms with Crippen LogP contribution < -0.4 is 15.0 Å². The fourth-order valence-electron chi connectivity index (χ4n) is 4.71. The van der Waals surface area contributed by atoms with Crippen LogP contribution in [-0.2, 0) is 4.79 Å². The van der Waals surface area contributed by atoms with Gasteiger partial charge in [-0.25, -0.2) is 14.2 Å². The summed E-state index contributed by atoms with van der Waals surface area (Å²) in [6.07, 6.45) is 6.41. The lowest BCUT2D eigenvalue weighted by atomic mass is 9.95. The molecule has 0 radical (unpaired) electrons. The number of hydrogen-bond acceptors (Lipinski definition) is 7. The Balaban J connectivity index is 1.69. The van der Waals surface area contributed by atoms with Crippen molar-refractivity contribution in [3.63, 3.8) is 0 Å².